The minimum absolute atomic E-state index is 0.0259. The van der Waals surface area contributed by atoms with Gasteiger partial charge in [0, 0.05) is 12.8 Å². The van der Waals surface area contributed by atoms with Crippen molar-refractivity contribution in [3.63, 3.8) is 0 Å². The van der Waals surface area contributed by atoms with Gasteiger partial charge in [-0.25, -0.2) is 9.59 Å². The number of hydrogen-bond donors (Lipinski definition) is 6. The molecule has 0 aliphatic heterocycles. The maximum atomic E-state index is 13.9. The Labute approximate surface area is 277 Å². The van der Waals surface area contributed by atoms with Gasteiger partial charge >= 0.3 is 12.1 Å². The molecule has 0 radical (unpaired) electrons. The monoisotopic (exact) mass is 653 g/mol. The average Bonchev–Trinajstić information content (AvgIpc) is 2.99. The molecule has 4 amide bonds. The number of aliphatic carboxylic acids is 1. The maximum absolute atomic E-state index is 13.9. The van der Waals surface area contributed by atoms with E-state index in [1.807, 2.05) is 62.4 Å². The molecule has 0 fully saturated rings. The SMILES string of the molecule is CC(C)C[C@@H](NC(=O)[C@@H](Cc1ccccc1)NC(=O)[C@@H](Cc1ccccc1)NC(=O)OC(C)(C)C)C(=O)N[C@H](CCCCN)C(=O)O. The van der Waals surface area contributed by atoms with Crippen LogP contribution < -0.4 is 27.0 Å². The molecule has 0 saturated heterocycles. The van der Waals surface area contributed by atoms with Crippen molar-refractivity contribution >= 4 is 29.8 Å². The zero-order valence-electron chi connectivity index (χ0n) is 28.1. The van der Waals surface area contributed by atoms with E-state index in [1.165, 1.54) is 0 Å². The molecule has 2 aromatic rings. The van der Waals surface area contributed by atoms with Gasteiger partial charge in [0.2, 0.25) is 17.7 Å². The van der Waals surface area contributed by atoms with E-state index in [1.54, 1.807) is 32.9 Å². The van der Waals surface area contributed by atoms with Crippen molar-refractivity contribution in [2.45, 2.75) is 103 Å². The van der Waals surface area contributed by atoms with Gasteiger partial charge in [-0.1, -0.05) is 74.5 Å². The van der Waals surface area contributed by atoms with Gasteiger partial charge in [-0.2, -0.15) is 0 Å². The molecule has 0 heterocycles. The number of carbonyl (C=O) groups excluding carboxylic acids is 4. The van der Waals surface area contributed by atoms with Crippen molar-refractivity contribution in [3.05, 3.63) is 71.8 Å². The topological polar surface area (TPSA) is 189 Å². The van der Waals surface area contributed by atoms with Crippen LogP contribution in [0.4, 0.5) is 4.79 Å². The smallest absolute Gasteiger partial charge is 0.408 e. The number of amides is 4. The predicted octanol–water partition coefficient (Wildman–Crippen LogP) is 3.08. The van der Waals surface area contributed by atoms with Crippen LogP contribution in [0.15, 0.2) is 60.7 Å². The molecule has 0 aliphatic carbocycles. The quantitative estimate of drug-likeness (QED) is 0.132. The highest BCUT2D eigenvalue weighted by Crippen LogP contribution is 2.12. The fraction of sp³-hybridized carbons (Fsp3) is 0.514. The minimum atomic E-state index is -1.18. The number of hydrogen-bond acceptors (Lipinski definition) is 7. The fourth-order valence-corrected chi connectivity index (χ4v) is 4.84. The number of carboxylic acid groups (broad SMARTS) is 1. The number of nitrogens with one attached hydrogen (secondary N) is 4. The van der Waals surface area contributed by atoms with Crippen molar-refractivity contribution in [2.24, 2.45) is 11.7 Å². The Kier molecular flexibility index (Phi) is 15.9. The van der Waals surface area contributed by atoms with Crippen LogP contribution in [0.1, 0.15) is 71.4 Å². The third kappa shape index (κ3) is 15.1. The summed E-state index contributed by atoms with van der Waals surface area (Å²) in [6.07, 6.45) is 0.991. The van der Waals surface area contributed by atoms with E-state index < -0.39 is 59.6 Å². The predicted molar refractivity (Wildman–Crippen MR) is 179 cm³/mol. The first-order valence-electron chi connectivity index (χ1n) is 16.1. The van der Waals surface area contributed by atoms with E-state index >= 15 is 0 Å². The van der Waals surface area contributed by atoms with E-state index in [0.717, 1.165) is 11.1 Å². The first kappa shape index (κ1) is 38.7. The first-order valence-corrected chi connectivity index (χ1v) is 16.1. The molecule has 7 N–H and O–H groups in total. The van der Waals surface area contributed by atoms with Gasteiger partial charge in [0.05, 0.1) is 0 Å². The van der Waals surface area contributed by atoms with Gasteiger partial charge in [0.1, 0.15) is 29.8 Å². The highest BCUT2D eigenvalue weighted by molar-refractivity contribution is 5.95. The third-order valence-electron chi connectivity index (χ3n) is 7.11. The number of nitrogens with two attached hydrogens (primary N) is 1. The van der Waals surface area contributed by atoms with E-state index in [4.69, 9.17) is 10.5 Å². The lowest BCUT2D eigenvalue weighted by atomic mass is 9.99. The Morgan fingerprint density at radius 3 is 1.60 bits per heavy atom. The Morgan fingerprint density at radius 1 is 0.702 bits per heavy atom. The Hall–Kier alpha value is -4.45. The molecule has 0 spiro atoms. The lowest BCUT2D eigenvalue weighted by Crippen LogP contribution is -2.58. The molecule has 2 rings (SSSR count). The normalized spacial score (nSPS) is 13.9. The second kappa shape index (κ2) is 19.3. The Balaban J connectivity index is 2.34. The van der Waals surface area contributed by atoms with E-state index in [9.17, 15) is 29.1 Å². The molecular formula is C35H51N5O7. The van der Waals surface area contributed by atoms with Crippen LogP contribution in [-0.4, -0.2) is 71.2 Å². The second-order valence-electron chi connectivity index (χ2n) is 13.0. The summed E-state index contributed by atoms with van der Waals surface area (Å²) in [4.78, 5) is 65.6. The minimum Gasteiger partial charge on any atom is -0.480 e. The molecule has 0 unspecified atom stereocenters. The summed E-state index contributed by atoms with van der Waals surface area (Å²) in [6.45, 7) is 9.29. The Bertz CT molecular complexity index is 1300. The van der Waals surface area contributed by atoms with Crippen molar-refractivity contribution < 1.29 is 33.8 Å². The van der Waals surface area contributed by atoms with Gasteiger partial charge in [0.25, 0.3) is 0 Å². The number of benzene rings is 2. The van der Waals surface area contributed by atoms with Crippen LogP contribution in [0.2, 0.25) is 0 Å². The summed E-state index contributed by atoms with van der Waals surface area (Å²) in [6, 6.07) is 13.7. The number of rotatable bonds is 18. The van der Waals surface area contributed by atoms with Crippen LogP contribution >= 0.6 is 0 Å². The van der Waals surface area contributed by atoms with Gasteiger partial charge in [-0.3, -0.25) is 14.4 Å². The fourth-order valence-electron chi connectivity index (χ4n) is 4.84. The molecule has 47 heavy (non-hydrogen) atoms. The van der Waals surface area contributed by atoms with Crippen molar-refractivity contribution in [3.8, 4) is 0 Å². The summed E-state index contributed by atoms with van der Waals surface area (Å²) >= 11 is 0. The van der Waals surface area contributed by atoms with E-state index in [-0.39, 0.29) is 31.6 Å². The largest absolute Gasteiger partial charge is 0.480 e. The van der Waals surface area contributed by atoms with Crippen molar-refractivity contribution in [2.75, 3.05) is 6.54 Å². The highest BCUT2D eigenvalue weighted by Gasteiger charge is 2.32. The second-order valence-corrected chi connectivity index (χ2v) is 13.0. The number of ether oxygens (including phenoxy) is 1. The molecule has 4 atom stereocenters. The average molecular weight is 654 g/mol. The van der Waals surface area contributed by atoms with E-state index in [2.05, 4.69) is 21.3 Å². The van der Waals surface area contributed by atoms with Crippen LogP contribution in [0.3, 0.4) is 0 Å². The van der Waals surface area contributed by atoms with Gasteiger partial charge in [-0.15, -0.1) is 0 Å². The van der Waals surface area contributed by atoms with Gasteiger partial charge in [0.15, 0.2) is 0 Å². The molecular weight excluding hydrogens is 602 g/mol. The summed E-state index contributed by atoms with van der Waals surface area (Å²) < 4.78 is 5.40. The van der Waals surface area contributed by atoms with Crippen LogP contribution in [0, 0.1) is 5.92 Å². The third-order valence-corrected chi connectivity index (χ3v) is 7.11. The van der Waals surface area contributed by atoms with E-state index in [0.29, 0.717) is 19.4 Å². The lowest BCUT2D eigenvalue weighted by molar-refractivity contribution is -0.142. The zero-order valence-corrected chi connectivity index (χ0v) is 28.1. The molecule has 0 saturated carbocycles. The number of carboxylic acids is 1. The number of carbonyl (C=O) groups is 5. The zero-order chi connectivity index (χ0) is 35.0. The summed E-state index contributed by atoms with van der Waals surface area (Å²) in [7, 11) is 0. The summed E-state index contributed by atoms with van der Waals surface area (Å²) in [5.41, 5.74) is 6.26. The van der Waals surface area contributed by atoms with Crippen molar-refractivity contribution in [1.29, 1.82) is 0 Å². The van der Waals surface area contributed by atoms with Crippen LogP contribution in [0.5, 0.6) is 0 Å². The van der Waals surface area contributed by atoms with Crippen LogP contribution in [-0.2, 0) is 36.8 Å². The Morgan fingerprint density at radius 2 is 1.15 bits per heavy atom. The molecule has 0 aliphatic rings. The summed E-state index contributed by atoms with van der Waals surface area (Å²) in [5.74, 6) is -3.09. The molecule has 2 aromatic carbocycles. The molecule has 12 heteroatoms. The molecule has 258 valence electrons. The maximum Gasteiger partial charge on any atom is 0.408 e. The van der Waals surface area contributed by atoms with Crippen molar-refractivity contribution in [1.82, 2.24) is 21.3 Å². The molecule has 0 aromatic heterocycles. The molecule has 12 nitrogen and oxygen atoms in total. The number of unbranched alkanes of at least 4 members (excludes halogenated alkanes) is 1. The highest BCUT2D eigenvalue weighted by atomic mass is 16.6. The lowest BCUT2D eigenvalue weighted by Gasteiger charge is -2.27. The van der Waals surface area contributed by atoms with Crippen LogP contribution in [0.25, 0.3) is 0 Å². The van der Waals surface area contributed by atoms with Gasteiger partial charge < -0.3 is 36.8 Å². The molecule has 0 bridgehead atoms. The summed E-state index contributed by atoms with van der Waals surface area (Å²) in [5, 5.41) is 20.4. The number of alkyl carbamates (subject to hydrolysis) is 1. The van der Waals surface area contributed by atoms with Gasteiger partial charge in [-0.05, 0) is 70.0 Å². The standard InChI is InChI=1S/C35H51N5O7/c1-23(2)20-27(30(41)37-26(33(44)45)18-12-13-19-36)38-31(42)28(21-24-14-8-6-9-15-24)39-32(43)29(22-25-16-10-7-11-17-25)40-34(46)47-35(3,4)5/h6-11,14-17,23,26-29H,12-13,18-22,36H2,1-5H3,(H,37,41)(H,38,42)(H,39,43)(H,40,46)(H,44,45)/t26-,27-,28-,29-/m1/s1. The first-order chi connectivity index (χ1) is 22.2.